The molecule has 15 heavy (non-hydrogen) atoms. The topological polar surface area (TPSA) is 55.3 Å². The minimum atomic E-state index is 0.468. The van der Waals surface area contributed by atoms with E-state index in [0.717, 1.165) is 17.7 Å². The lowest BCUT2D eigenvalue weighted by molar-refractivity contribution is 1.21. The lowest BCUT2D eigenvalue weighted by atomic mass is 10.2. The van der Waals surface area contributed by atoms with Gasteiger partial charge in [0.1, 0.15) is 0 Å². The van der Waals surface area contributed by atoms with Gasteiger partial charge in [0.25, 0.3) is 0 Å². The molecule has 0 fully saturated rings. The molecule has 5 heteroatoms. The van der Waals surface area contributed by atoms with Crippen molar-refractivity contribution in [3.63, 3.8) is 0 Å². The van der Waals surface area contributed by atoms with Gasteiger partial charge in [-0.2, -0.15) is 0 Å². The second-order valence-electron chi connectivity index (χ2n) is 2.88. The summed E-state index contributed by atoms with van der Waals surface area (Å²) in [5, 5.41) is 0. The van der Waals surface area contributed by atoms with E-state index in [1.807, 2.05) is 25.1 Å². The zero-order valence-corrected chi connectivity index (χ0v) is 11.6. The largest absolute Gasteiger partial charge is 0.397 e. The van der Waals surface area contributed by atoms with Gasteiger partial charge >= 0.3 is 0 Å². The minimum Gasteiger partial charge on any atom is -0.397 e. The number of hydrogen-bond donors (Lipinski definition) is 2. The first-order valence-corrected chi connectivity index (χ1v) is 8.54. The fraction of sp³-hybridized carbons (Fsp3) is 0.200. The summed E-state index contributed by atoms with van der Waals surface area (Å²) in [5.41, 5.74) is 8.34. The Morgan fingerprint density at radius 2 is 2.27 bits per heavy atom. The first-order valence-electron chi connectivity index (χ1n) is 4.48. The maximum absolute atomic E-state index is 5.88. The first-order chi connectivity index (χ1) is 7.19. The molecule has 4 N–H and O–H groups in total. The molecule has 0 amide bonds. The van der Waals surface area contributed by atoms with E-state index in [4.69, 9.17) is 11.6 Å². The molecule has 0 bridgehead atoms. The summed E-state index contributed by atoms with van der Waals surface area (Å²) >= 11 is 2.21. The number of halogens is 1. The van der Waals surface area contributed by atoms with Crippen LogP contribution in [0.25, 0.3) is 0 Å². The van der Waals surface area contributed by atoms with Gasteiger partial charge < -0.3 is 5.73 Å². The van der Waals surface area contributed by atoms with Crippen LogP contribution < -0.4 is 16.4 Å². The molecule has 0 radical (unpaired) electrons. The van der Waals surface area contributed by atoms with Crippen LogP contribution in [0.5, 0.6) is 0 Å². The number of nitrogens with zero attached hydrogens (tertiary/aromatic N) is 1. The zero-order valence-electron chi connectivity index (χ0n) is 8.42. The van der Waals surface area contributed by atoms with E-state index >= 15 is 0 Å². The predicted molar refractivity (Wildman–Crippen MR) is 77.0 cm³/mol. The third-order valence-corrected chi connectivity index (χ3v) is 3.77. The molecule has 0 saturated heterocycles. The van der Waals surface area contributed by atoms with Crippen molar-refractivity contribution in [1.29, 1.82) is 0 Å². The van der Waals surface area contributed by atoms with E-state index in [2.05, 4.69) is 33.9 Å². The third-order valence-electron chi connectivity index (χ3n) is 1.79. The number of rotatable bonds is 2. The van der Waals surface area contributed by atoms with Gasteiger partial charge in [-0.05, 0) is 40.2 Å². The zero-order chi connectivity index (χ0) is 11.3. The number of benzene rings is 1. The van der Waals surface area contributed by atoms with Crippen molar-refractivity contribution in [3.05, 3.63) is 23.8 Å². The summed E-state index contributed by atoms with van der Waals surface area (Å²) in [6.45, 7) is 2.02. The first kappa shape index (κ1) is 12.6. The van der Waals surface area contributed by atoms with E-state index in [1.165, 1.54) is 0 Å². The molecule has 3 nitrogen and oxygen atoms in total. The van der Waals surface area contributed by atoms with Crippen molar-refractivity contribution in [2.75, 3.05) is 10.5 Å². The molecule has 0 aromatic heterocycles. The van der Waals surface area contributed by atoms with Crippen molar-refractivity contribution in [2.24, 2.45) is 5.84 Å². The molecule has 1 atom stereocenters. The summed E-state index contributed by atoms with van der Waals surface area (Å²) < 4.78 is 1.63. The minimum absolute atomic E-state index is 0.468. The summed E-state index contributed by atoms with van der Waals surface area (Å²) in [4.78, 5) is 0. The van der Waals surface area contributed by atoms with Crippen LogP contribution in [0.15, 0.2) is 18.2 Å². The second kappa shape index (κ2) is 6.16. The smallest absolute Gasteiger partial charge is 0.0794 e. The standard InChI is InChI=1S/C10H13IN3P/c1-2-3-4-8-5-6-10(9(12)7-8)14(13)15-11/h5-7,15H,2,12-13H2,1H3. The molecule has 1 aromatic rings. The molecule has 1 rings (SSSR count). The Morgan fingerprint density at radius 1 is 1.53 bits per heavy atom. The van der Waals surface area contributed by atoms with Crippen molar-refractivity contribution >= 4 is 39.8 Å². The number of hydrazine groups is 1. The van der Waals surface area contributed by atoms with Crippen molar-refractivity contribution in [2.45, 2.75) is 13.3 Å². The lowest BCUT2D eigenvalue weighted by Crippen LogP contribution is -2.20. The van der Waals surface area contributed by atoms with Crippen molar-refractivity contribution in [3.8, 4) is 11.8 Å². The van der Waals surface area contributed by atoms with E-state index < -0.39 is 0 Å². The van der Waals surface area contributed by atoms with Gasteiger partial charge in [-0.15, -0.1) is 0 Å². The molecule has 80 valence electrons. The van der Waals surface area contributed by atoms with Crippen LogP contribution in [-0.4, -0.2) is 0 Å². The number of hydrogen-bond acceptors (Lipinski definition) is 3. The molecule has 0 aliphatic heterocycles. The van der Waals surface area contributed by atoms with Crippen LogP contribution in [0.4, 0.5) is 11.4 Å². The average Bonchev–Trinajstić information content (AvgIpc) is 2.25. The predicted octanol–water partition coefficient (Wildman–Crippen LogP) is 2.65. The number of anilines is 2. The van der Waals surface area contributed by atoms with Gasteiger partial charge in [-0.1, -0.05) is 18.8 Å². The highest BCUT2D eigenvalue weighted by Crippen LogP contribution is 2.33. The Kier molecular flexibility index (Phi) is 5.16. The SMILES string of the molecule is CCC#Cc1ccc(N(N)PI)c(N)c1. The van der Waals surface area contributed by atoms with Gasteiger partial charge in [0.05, 0.1) is 17.7 Å². The summed E-state index contributed by atoms with van der Waals surface area (Å²) in [7, 11) is 0. The highest BCUT2D eigenvalue weighted by molar-refractivity contribution is 14.2. The number of nitrogens with two attached hydrogens (primary N) is 2. The quantitative estimate of drug-likeness (QED) is 0.218. The molecule has 1 unspecified atom stereocenters. The third kappa shape index (κ3) is 3.53. The highest BCUT2D eigenvalue weighted by Gasteiger charge is 2.04. The maximum Gasteiger partial charge on any atom is 0.0794 e. The molecular formula is C10H13IN3P. The Labute approximate surface area is 105 Å². The molecule has 0 aliphatic carbocycles. The Balaban J connectivity index is 2.98. The lowest BCUT2D eigenvalue weighted by Gasteiger charge is -2.16. The number of nitrogen functional groups attached to an aromatic ring is 1. The van der Waals surface area contributed by atoms with Crippen LogP contribution in [0.1, 0.15) is 18.9 Å². The van der Waals surface area contributed by atoms with Crippen LogP contribution >= 0.6 is 28.4 Å². The Bertz CT molecular complexity index is 397. The van der Waals surface area contributed by atoms with Crippen LogP contribution in [0.2, 0.25) is 0 Å². The van der Waals surface area contributed by atoms with Gasteiger partial charge in [0, 0.05) is 12.0 Å². The van der Waals surface area contributed by atoms with Gasteiger partial charge in [0.15, 0.2) is 0 Å². The van der Waals surface area contributed by atoms with E-state index in [1.54, 1.807) is 4.78 Å². The van der Waals surface area contributed by atoms with Crippen LogP contribution in [-0.2, 0) is 0 Å². The highest BCUT2D eigenvalue weighted by atomic mass is 127. The normalized spacial score (nSPS) is 10.1. The van der Waals surface area contributed by atoms with E-state index in [0.29, 0.717) is 12.1 Å². The summed E-state index contributed by atoms with van der Waals surface area (Å²) in [6, 6.07) is 5.69. The van der Waals surface area contributed by atoms with E-state index in [-0.39, 0.29) is 0 Å². The molecule has 0 spiro atoms. The Morgan fingerprint density at radius 3 is 2.80 bits per heavy atom. The molecule has 0 aliphatic rings. The summed E-state index contributed by atoms with van der Waals surface area (Å²) in [5.74, 6) is 11.8. The van der Waals surface area contributed by atoms with Gasteiger partial charge in [-0.3, -0.25) is 4.78 Å². The fourth-order valence-electron chi connectivity index (χ4n) is 1.09. The molecule has 0 saturated carbocycles. The van der Waals surface area contributed by atoms with E-state index in [9.17, 15) is 0 Å². The van der Waals surface area contributed by atoms with Crippen molar-refractivity contribution < 1.29 is 0 Å². The summed E-state index contributed by atoms with van der Waals surface area (Å²) in [6.07, 6.45) is 1.32. The van der Waals surface area contributed by atoms with Crippen LogP contribution in [0, 0.1) is 11.8 Å². The monoisotopic (exact) mass is 333 g/mol. The van der Waals surface area contributed by atoms with Gasteiger partial charge in [0.2, 0.25) is 0 Å². The van der Waals surface area contributed by atoms with Crippen molar-refractivity contribution in [1.82, 2.24) is 0 Å². The molecular weight excluding hydrogens is 320 g/mol. The Hall–Kier alpha value is -0.500. The molecule has 0 heterocycles. The second-order valence-corrected chi connectivity index (χ2v) is 4.98. The van der Waals surface area contributed by atoms with Gasteiger partial charge in [-0.25, -0.2) is 5.84 Å². The maximum atomic E-state index is 5.88. The molecule has 1 aromatic carbocycles. The average molecular weight is 333 g/mol. The fourth-order valence-corrected chi connectivity index (χ4v) is 2.16. The van der Waals surface area contributed by atoms with Crippen LogP contribution in [0.3, 0.4) is 0 Å².